The Bertz CT molecular complexity index is 570. The minimum absolute atomic E-state index is 0.0425. The maximum atomic E-state index is 11.8. The van der Waals surface area contributed by atoms with Crippen LogP contribution in [-0.4, -0.2) is 25.7 Å². The van der Waals surface area contributed by atoms with Crippen molar-refractivity contribution in [3.8, 4) is 5.75 Å². The van der Waals surface area contributed by atoms with Gasteiger partial charge in [-0.3, -0.25) is 9.59 Å². The van der Waals surface area contributed by atoms with Crippen LogP contribution < -0.4 is 4.74 Å². The Morgan fingerprint density at radius 1 is 0.793 bits per heavy atom. The number of rotatable bonds is 17. The summed E-state index contributed by atoms with van der Waals surface area (Å²) in [7, 11) is 1.59. The van der Waals surface area contributed by atoms with Crippen molar-refractivity contribution >= 4 is 11.9 Å². The Labute approximate surface area is 176 Å². The van der Waals surface area contributed by atoms with Crippen LogP contribution in [-0.2, 0) is 25.7 Å². The summed E-state index contributed by atoms with van der Waals surface area (Å²) in [5, 5.41) is 0. The molecule has 164 valence electrons. The molecule has 0 saturated carbocycles. The van der Waals surface area contributed by atoms with E-state index in [2.05, 4.69) is 6.92 Å². The van der Waals surface area contributed by atoms with E-state index in [1.54, 1.807) is 7.11 Å². The monoisotopic (exact) mass is 406 g/mol. The molecule has 0 aromatic heterocycles. The summed E-state index contributed by atoms with van der Waals surface area (Å²) < 4.78 is 15.5. The number of hydrogen-bond donors (Lipinski definition) is 0. The molecule has 0 bridgehead atoms. The molecule has 0 atom stereocenters. The van der Waals surface area contributed by atoms with Gasteiger partial charge in [0.1, 0.15) is 12.4 Å². The second kappa shape index (κ2) is 16.9. The molecule has 1 rings (SSSR count). The second-order valence-corrected chi connectivity index (χ2v) is 7.41. The minimum Gasteiger partial charge on any atom is -0.497 e. The number of methoxy groups -OCH3 is 1. The van der Waals surface area contributed by atoms with Crippen molar-refractivity contribution in [1.82, 2.24) is 0 Å². The van der Waals surface area contributed by atoms with Crippen LogP contribution >= 0.6 is 0 Å². The zero-order valence-electron chi connectivity index (χ0n) is 18.3. The molecule has 0 heterocycles. The van der Waals surface area contributed by atoms with E-state index in [-0.39, 0.29) is 25.4 Å². The average molecular weight is 407 g/mol. The molecule has 0 saturated heterocycles. The van der Waals surface area contributed by atoms with Gasteiger partial charge in [0.15, 0.2) is 0 Å². The van der Waals surface area contributed by atoms with Gasteiger partial charge in [-0.2, -0.15) is 0 Å². The molecule has 0 aliphatic heterocycles. The molecule has 5 nitrogen and oxygen atoms in total. The first-order valence-corrected chi connectivity index (χ1v) is 11.1. The van der Waals surface area contributed by atoms with E-state index in [0.717, 1.165) is 18.4 Å². The third kappa shape index (κ3) is 13.7. The lowest BCUT2D eigenvalue weighted by Crippen LogP contribution is -2.11. The lowest BCUT2D eigenvalue weighted by molar-refractivity contribution is -0.151. The molecule has 0 amide bonds. The Morgan fingerprint density at radius 2 is 1.38 bits per heavy atom. The fourth-order valence-corrected chi connectivity index (χ4v) is 3.05. The molecule has 5 heteroatoms. The number of benzene rings is 1. The average Bonchev–Trinajstić information content (AvgIpc) is 2.74. The smallest absolute Gasteiger partial charge is 0.306 e. The van der Waals surface area contributed by atoms with Crippen LogP contribution in [0, 0.1) is 0 Å². The van der Waals surface area contributed by atoms with Crippen molar-refractivity contribution in [3.05, 3.63) is 29.8 Å². The quantitative estimate of drug-likeness (QED) is 0.235. The molecule has 0 radical (unpaired) electrons. The standard InChI is InChI=1S/C24H38O5/c1-3-4-5-6-7-8-9-10-11-12-18-28-23(25)16-17-24(26)29-20-21-14-13-15-22(19-21)27-2/h13-15,19H,3-12,16-18,20H2,1-2H3. The van der Waals surface area contributed by atoms with Crippen LogP contribution in [0.2, 0.25) is 0 Å². The summed E-state index contributed by atoms with van der Waals surface area (Å²) in [5.74, 6) is -0.0166. The summed E-state index contributed by atoms with van der Waals surface area (Å²) in [4.78, 5) is 23.5. The van der Waals surface area contributed by atoms with Gasteiger partial charge in [0.25, 0.3) is 0 Å². The van der Waals surface area contributed by atoms with Crippen LogP contribution in [0.25, 0.3) is 0 Å². The Balaban J connectivity index is 1.96. The van der Waals surface area contributed by atoms with Gasteiger partial charge in [-0.15, -0.1) is 0 Å². The fraction of sp³-hybridized carbons (Fsp3) is 0.667. The van der Waals surface area contributed by atoms with Crippen molar-refractivity contribution < 1.29 is 23.8 Å². The molecule has 29 heavy (non-hydrogen) atoms. The molecule has 0 unspecified atom stereocenters. The topological polar surface area (TPSA) is 61.8 Å². The summed E-state index contributed by atoms with van der Waals surface area (Å²) in [6.07, 6.45) is 12.6. The molecular formula is C24H38O5. The highest BCUT2D eigenvalue weighted by Gasteiger charge is 2.09. The van der Waals surface area contributed by atoms with E-state index in [0.29, 0.717) is 12.4 Å². The number of hydrogen-bond acceptors (Lipinski definition) is 5. The normalized spacial score (nSPS) is 10.6. The number of carbonyl (C=O) groups excluding carboxylic acids is 2. The Hall–Kier alpha value is -2.04. The summed E-state index contributed by atoms with van der Waals surface area (Å²) in [6, 6.07) is 7.34. The Kier molecular flexibility index (Phi) is 14.5. The van der Waals surface area contributed by atoms with Crippen molar-refractivity contribution in [2.24, 2.45) is 0 Å². The van der Waals surface area contributed by atoms with Gasteiger partial charge in [-0.1, -0.05) is 76.8 Å². The van der Waals surface area contributed by atoms with E-state index in [1.807, 2.05) is 24.3 Å². The number of esters is 2. The second-order valence-electron chi connectivity index (χ2n) is 7.41. The van der Waals surface area contributed by atoms with E-state index in [4.69, 9.17) is 14.2 Å². The molecule has 0 aliphatic carbocycles. The zero-order valence-corrected chi connectivity index (χ0v) is 18.3. The summed E-state index contributed by atoms with van der Waals surface area (Å²) in [6.45, 7) is 2.85. The first kappa shape index (κ1) is 25.0. The van der Waals surface area contributed by atoms with E-state index in [1.165, 1.54) is 51.4 Å². The van der Waals surface area contributed by atoms with E-state index >= 15 is 0 Å². The highest BCUT2D eigenvalue weighted by atomic mass is 16.5. The first-order chi connectivity index (χ1) is 14.2. The van der Waals surface area contributed by atoms with Crippen molar-refractivity contribution in [2.75, 3.05) is 13.7 Å². The zero-order chi connectivity index (χ0) is 21.2. The van der Waals surface area contributed by atoms with Crippen LogP contribution in [0.5, 0.6) is 5.75 Å². The van der Waals surface area contributed by atoms with Crippen molar-refractivity contribution in [1.29, 1.82) is 0 Å². The molecule has 0 fully saturated rings. The number of unbranched alkanes of at least 4 members (excludes halogenated alkanes) is 9. The molecule has 1 aromatic carbocycles. The van der Waals surface area contributed by atoms with Gasteiger partial charge in [0, 0.05) is 0 Å². The maximum Gasteiger partial charge on any atom is 0.306 e. The minimum atomic E-state index is -0.399. The van der Waals surface area contributed by atoms with Gasteiger partial charge in [0.05, 0.1) is 26.6 Å². The lowest BCUT2D eigenvalue weighted by atomic mass is 10.1. The maximum absolute atomic E-state index is 11.8. The van der Waals surface area contributed by atoms with Crippen LogP contribution in [0.1, 0.15) is 89.5 Å². The predicted molar refractivity (Wildman–Crippen MR) is 115 cm³/mol. The van der Waals surface area contributed by atoms with Crippen LogP contribution in [0.4, 0.5) is 0 Å². The van der Waals surface area contributed by atoms with Crippen molar-refractivity contribution in [2.45, 2.75) is 90.6 Å². The molecule has 0 aliphatic rings. The van der Waals surface area contributed by atoms with Crippen molar-refractivity contribution in [3.63, 3.8) is 0 Å². The van der Waals surface area contributed by atoms with Gasteiger partial charge in [-0.25, -0.2) is 0 Å². The van der Waals surface area contributed by atoms with Gasteiger partial charge < -0.3 is 14.2 Å². The summed E-state index contributed by atoms with van der Waals surface area (Å²) in [5.41, 5.74) is 0.848. The Morgan fingerprint density at radius 3 is 2.00 bits per heavy atom. The molecule has 0 spiro atoms. The van der Waals surface area contributed by atoms with Gasteiger partial charge in [0.2, 0.25) is 0 Å². The third-order valence-electron chi connectivity index (χ3n) is 4.83. The molecular weight excluding hydrogens is 368 g/mol. The summed E-state index contributed by atoms with van der Waals surface area (Å²) >= 11 is 0. The largest absolute Gasteiger partial charge is 0.497 e. The molecule has 1 aromatic rings. The van der Waals surface area contributed by atoms with Crippen LogP contribution in [0.3, 0.4) is 0 Å². The van der Waals surface area contributed by atoms with E-state index in [9.17, 15) is 9.59 Å². The van der Waals surface area contributed by atoms with E-state index < -0.39 is 5.97 Å². The lowest BCUT2D eigenvalue weighted by Gasteiger charge is -2.07. The SMILES string of the molecule is CCCCCCCCCCCCOC(=O)CCC(=O)OCc1cccc(OC)c1. The molecule has 0 N–H and O–H groups in total. The van der Waals surface area contributed by atoms with Gasteiger partial charge >= 0.3 is 11.9 Å². The fourth-order valence-electron chi connectivity index (χ4n) is 3.05. The predicted octanol–water partition coefficient (Wildman–Crippen LogP) is 5.98. The highest BCUT2D eigenvalue weighted by Crippen LogP contribution is 2.14. The number of ether oxygens (including phenoxy) is 3. The highest BCUT2D eigenvalue weighted by molar-refractivity contribution is 5.77. The first-order valence-electron chi connectivity index (χ1n) is 11.1. The third-order valence-corrected chi connectivity index (χ3v) is 4.83. The number of carbonyl (C=O) groups is 2. The van der Waals surface area contributed by atoms with Crippen LogP contribution in [0.15, 0.2) is 24.3 Å². The van der Waals surface area contributed by atoms with Gasteiger partial charge in [-0.05, 0) is 24.1 Å².